The minimum absolute atomic E-state index is 0.00306. The van der Waals surface area contributed by atoms with Crippen LogP contribution in [0.4, 0.5) is 0 Å². The van der Waals surface area contributed by atoms with Crippen molar-refractivity contribution in [3.8, 4) is 0 Å². The van der Waals surface area contributed by atoms with Gasteiger partial charge in [0.05, 0.1) is 12.6 Å². The van der Waals surface area contributed by atoms with Crippen LogP contribution in [0.1, 0.15) is 16.7 Å². The van der Waals surface area contributed by atoms with E-state index in [-0.39, 0.29) is 5.91 Å². The Morgan fingerprint density at radius 1 is 1.22 bits per heavy atom. The molecule has 18 heavy (non-hydrogen) atoms. The molecule has 1 amide bonds. The van der Waals surface area contributed by atoms with Crippen molar-refractivity contribution in [3.05, 3.63) is 53.3 Å². The number of nitrogens with zero attached hydrogens (tertiary/aromatic N) is 1. The van der Waals surface area contributed by atoms with Crippen molar-refractivity contribution in [1.29, 1.82) is 0 Å². The standard InChI is InChI=1S/C13H16N4O/c14-6-11-3-1-10(2-4-11)5-13(18)15-7-12-8-16-17-9-12/h1-4,8-9H,5-7,14H2,(H,15,18)(H,16,17). The summed E-state index contributed by atoms with van der Waals surface area (Å²) in [7, 11) is 0. The maximum absolute atomic E-state index is 11.7. The predicted octanol–water partition coefficient (Wildman–Crippen LogP) is 0.727. The van der Waals surface area contributed by atoms with Gasteiger partial charge in [-0.2, -0.15) is 5.10 Å². The molecule has 5 nitrogen and oxygen atoms in total. The van der Waals surface area contributed by atoms with Crippen molar-refractivity contribution < 1.29 is 4.79 Å². The molecule has 1 aromatic heterocycles. The van der Waals surface area contributed by atoms with E-state index >= 15 is 0 Å². The first-order valence-corrected chi connectivity index (χ1v) is 5.80. The van der Waals surface area contributed by atoms with Crippen LogP contribution in [0.5, 0.6) is 0 Å². The molecular formula is C13H16N4O. The fourth-order valence-electron chi connectivity index (χ4n) is 1.62. The first kappa shape index (κ1) is 12.3. The lowest BCUT2D eigenvalue weighted by molar-refractivity contribution is -0.120. The van der Waals surface area contributed by atoms with E-state index in [4.69, 9.17) is 5.73 Å². The SMILES string of the molecule is NCc1ccc(CC(=O)NCc2cn[nH]c2)cc1. The highest BCUT2D eigenvalue weighted by Crippen LogP contribution is 2.04. The number of carbonyl (C=O) groups is 1. The van der Waals surface area contributed by atoms with Gasteiger partial charge in [0.25, 0.3) is 0 Å². The van der Waals surface area contributed by atoms with Crippen molar-refractivity contribution in [2.75, 3.05) is 0 Å². The Hall–Kier alpha value is -2.14. The molecule has 0 radical (unpaired) electrons. The Labute approximate surface area is 105 Å². The maximum atomic E-state index is 11.7. The molecule has 0 spiro atoms. The summed E-state index contributed by atoms with van der Waals surface area (Å²) in [4.78, 5) is 11.7. The molecule has 1 heterocycles. The monoisotopic (exact) mass is 244 g/mol. The lowest BCUT2D eigenvalue weighted by Gasteiger charge is -2.04. The van der Waals surface area contributed by atoms with Gasteiger partial charge in [-0.15, -0.1) is 0 Å². The Morgan fingerprint density at radius 3 is 2.56 bits per heavy atom. The lowest BCUT2D eigenvalue weighted by atomic mass is 10.1. The molecule has 94 valence electrons. The highest BCUT2D eigenvalue weighted by atomic mass is 16.1. The van der Waals surface area contributed by atoms with Gasteiger partial charge in [0.15, 0.2) is 0 Å². The van der Waals surface area contributed by atoms with Crippen molar-refractivity contribution in [2.24, 2.45) is 5.73 Å². The molecule has 4 N–H and O–H groups in total. The first-order chi connectivity index (χ1) is 8.78. The molecule has 0 aliphatic rings. The number of hydrogen-bond acceptors (Lipinski definition) is 3. The van der Waals surface area contributed by atoms with Crippen molar-refractivity contribution in [2.45, 2.75) is 19.5 Å². The Bertz CT molecular complexity index is 490. The third kappa shape index (κ3) is 3.43. The van der Waals surface area contributed by atoms with E-state index in [2.05, 4.69) is 15.5 Å². The highest BCUT2D eigenvalue weighted by molar-refractivity contribution is 5.78. The summed E-state index contributed by atoms with van der Waals surface area (Å²) in [5, 5.41) is 9.36. The minimum atomic E-state index is -0.00306. The normalized spacial score (nSPS) is 10.3. The predicted molar refractivity (Wildman–Crippen MR) is 68.5 cm³/mol. The number of amides is 1. The van der Waals surface area contributed by atoms with Crippen LogP contribution in [0.2, 0.25) is 0 Å². The van der Waals surface area contributed by atoms with Crippen LogP contribution in [0.25, 0.3) is 0 Å². The number of nitrogens with two attached hydrogens (primary N) is 1. The average molecular weight is 244 g/mol. The van der Waals surface area contributed by atoms with Gasteiger partial charge in [-0.3, -0.25) is 9.89 Å². The second-order valence-electron chi connectivity index (χ2n) is 4.08. The molecular weight excluding hydrogens is 228 g/mol. The number of H-pyrrole nitrogens is 1. The number of rotatable bonds is 5. The summed E-state index contributed by atoms with van der Waals surface area (Å²) in [6.07, 6.45) is 3.83. The van der Waals surface area contributed by atoms with E-state index in [1.807, 2.05) is 24.3 Å². The zero-order valence-electron chi connectivity index (χ0n) is 10.0. The summed E-state index contributed by atoms with van der Waals surface area (Å²) in [6.45, 7) is 1.02. The van der Waals surface area contributed by atoms with Crippen LogP contribution in [0, 0.1) is 0 Å². The molecule has 0 atom stereocenters. The van der Waals surface area contributed by atoms with E-state index in [0.717, 1.165) is 16.7 Å². The highest BCUT2D eigenvalue weighted by Gasteiger charge is 2.03. The van der Waals surface area contributed by atoms with Gasteiger partial charge < -0.3 is 11.1 Å². The molecule has 0 aliphatic carbocycles. The minimum Gasteiger partial charge on any atom is -0.352 e. The Morgan fingerprint density at radius 2 is 1.94 bits per heavy atom. The number of carbonyl (C=O) groups excluding carboxylic acids is 1. The van der Waals surface area contributed by atoms with Crippen LogP contribution in [-0.2, 0) is 24.3 Å². The first-order valence-electron chi connectivity index (χ1n) is 5.80. The molecule has 0 saturated carbocycles. The van der Waals surface area contributed by atoms with Gasteiger partial charge >= 0.3 is 0 Å². The van der Waals surface area contributed by atoms with E-state index < -0.39 is 0 Å². The molecule has 5 heteroatoms. The van der Waals surface area contributed by atoms with Crippen LogP contribution in [0.15, 0.2) is 36.7 Å². The molecule has 0 unspecified atom stereocenters. The number of benzene rings is 1. The van der Waals surface area contributed by atoms with Crippen LogP contribution >= 0.6 is 0 Å². The molecule has 2 aromatic rings. The summed E-state index contributed by atoms with van der Waals surface area (Å²) in [6, 6.07) is 7.75. The molecule has 1 aromatic carbocycles. The van der Waals surface area contributed by atoms with Gasteiger partial charge in [-0.1, -0.05) is 24.3 Å². The van der Waals surface area contributed by atoms with Crippen LogP contribution < -0.4 is 11.1 Å². The maximum Gasteiger partial charge on any atom is 0.224 e. The van der Waals surface area contributed by atoms with E-state index in [9.17, 15) is 4.79 Å². The fourth-order valence-corrected chi connectivity index (χ4v) is 1.62. The zero-order valence-corrected chi connectivity index (χ0v) is 10.0. The summed E-state index contributed by atoms with van der Waals surface area (Å²) in [5.74, 6) is -0.00306. The molecule has 0 aliphatic heterocycles. The number of aromatic amines is 1. The number of aromatic nitrogens is 2. The Kier molecular flexibility index (Phi) is 4.09. The topological polar surface area (TPSA) is 83.8 Å². The van der Waals surface area contributed by atoms with Gasteiger partial charge in [-0.05, 0) is 11.1 Å². The molecule has 0 bridgehead atoms. The van der Waals surface area contributed by atoms with Gasteiger partial charge in [0.1, 0.15) is 0 Å². The van der Waals surface area contributed by atoms with Gasteiger partial charge in [0, 0.05) is 24.8 Å². The summed E-state index contributed by atoms with van der Waals surface area (Å²) < 4.78 is 0. The van der Waals surface area contributed by atoms with Crippen molar-refractivity contribution >= 4 is 5.91 Å². The van der Waals surface area contributed by atoms with Crippen LogP contribution in [0.3, 0.4) is 0 Å². The third-order valence-corrected chi connectivity index (χ3v) is 2.67. The summed E-state index contributed by atoms with van der Waals surface area (Å²) >= 11 is 0. The second-order valence-corrected chi connectivity index (χ2v) is 4.08. The average Bonchev–Trinajstić information content (AvgIpc) is 2.90. The largest absolute Gasteiger partial charge is 0.352 e. The van der Waals surface area contributed by atoms with Crippen LogP contribution in [-0.4, -0.2) is 16.1 Å². The second kappa shape index (κ2) is 5.97. The number of hydrogen-bond donors (Lipinski definition) is 3. The molecule has 0 fully saturated rings. The van der Waals surface area contributed by atoms with Crippen molar-refractivity contribution in [3.63, 3.8) is 0 Å². The van der Waals surface area contributed by atoms with Gasteiger partial charge in [-0.25, -0.2) is 0 Å². The molecule has 2 rings (SSSR count). The Balaban J connectivity index is 1.83. The lowest BCUT2D eigenvalue weighted by Crippen LogP contribution is -2.24. The zero-order chi connectivity index (χ0) is 12.8. The van der Waals surface area contributed by atoms with Crippen molar-refractivity contribution in [1.82, 2.24) is 15.5 Å². The third-order valence-electron chi connectivity index (χ3n) is 2.67. The van der Waals surface area contributed by atoms with E-state index in [1.165, 1.54) is 0 Å². The molecule has 0 saturated heterocycles. The fraction of sp³-hybridized carbons (Fsp3) is 0.231. The van der Waals surface area contributed by atoms with E-state index in [1.54, 1.807) is 12.4 Å². The summed E-state index contributed by atoms with van der Waals surface area (Å²) in [5.41, 5.74) is 8.53. The van der Waals surface area contributed by atoms with Gasteiger partial charge in [0.2, 0.25) is 5.91 Å². The smallest absolute Gasteiger partial charge is 0.224 e. The number of nitrogens with one attached hydrogen (secondary N) is 2. The van der Waals surface area contributed by atoms with E-state index in [0.29, 0.717) is 19.5 Å². The quantitative estimate of drug-likeness (QED) is 0.725.